The van der Waals surface area contributed by atoms with E-state index >= 15 is 0 Å². The number of thiazole rings is 1. The number of halogens is 1. The lowest BCUT2D eigenvalue weighted by molar-refractivity contribution is -0.139. The number of esters is 1. The quantitative estimate of drug-likeness (QED) is 0.384. The van der Waals surface area contributed by atoms with E-state index in [1.54, 1.807) is 18.4 Å². The van der Waals surface area contributed by atoms with Crippen LogP contribution in [0.3, 0.4) is 0 Å². The van der Waals surface area contributed by atoms with E-state index in [9.17, 15) is 9.59 Å². The summed E-state index contributed by atoms with van der Waals surface area (Å²) in [6.07, 6.45) is 1.87. The van der Waals surface area contributed by atoms with Gasteiger partial charge in [0.05, 0.1) is 28.5 Å². The Balaban J connectivity index is 1.94. The molecule has 7 heteroatoms. The number of rotatable bonds is 4. The van der Waals surface area contributed by atoms with Gasteiger partial charge in [0.15, 0.2) is 4.80 Å². The second-order valence-electron chi connectivity index (χ2n) is 6.76. The second-order valence-corrected chi connectivity index (χ2v) is 9.02. The van der Waals surface area contributed by atoms with Crippen molar-refractivity contribution in [3.8, 4) is 0 Å². The van der Waals surface area contributed by atoms with E-state index in [0.29, 0.717) is 20.6 Å². The molecule has 0 radical (unpaired) electrons. The summed E-state index contributed by atoms with van der Waals surface area (Å²) in [6, 6.07) is 16.9. The van der Waals surface area contributed by atoms with Gasteiger partial charge in [0.25, 0.3) is 5.56 Å². The lowest BCUT2D eigenvalue weighted by Gasteiger charge is -2.24. The molecular formula is C23H19IN2O3S. The van der Waals surface area contributed by atoms with Gasteiger partial charge in [0, 0.05) is 3.57 Å². The van der Waals surface area contributed by atoms with Crippen LogP contribution in [-0.4, -0.2) is 17.1 Å². The van der Waals surface area contributed by atoms with Crippen molar-refractivity contribution in [3.05, 3.63) is 100 Å². The minimum atomic E-state index is -0.569. The largest absolute Gasteiger partial charge is 0.463 e. The van der Waals surface area contributed by atoms with E-state index in [2.05, 4.69) is 27.6 Å². The maximum absolute atomic E-state index is 13.4. The summed E-state index contributed by atoms with van der Waals surface area (Å²) in [5.41, 5.74) is 2.59. The molecule has 2 heterocycles. The fourth-order valence-corrected chi connectivity index (χ4v) is 4.86. The minimum Gasteiger partial charge on any atom is -0.463 e. The predicted molar refractivity (Wildman–Crippen MR) is 126 cm³/mol. The van der Waals surface area contributed by atoms with Gasteiger partial charge < -0.3 is 4.74 Å². The number of allylic oxidation sites excluding steroid dienone is 1. The number of nitrogens with zero attached hydrogens (tertiary/aromatic N) is 2. The SMILES string of the molecule is CCOC(=O)C1=C(C)N=c2sc(=Cc3ccc(I)cc3)c(=O)n2[C@@H]1c1ccccc1. The van der Waals surface area contributed by atoms with Gasteiger partial charge >= 0.3 is 5.97 Å². The molecule has 4 rings (SSSR count). The molecule has 30 heavy (non-hydrogen) atoms. The van der Waals surface area contributed by atoms with Crippen LogP contribution in [-0.2, 0) is 9.53 Å². The van der Waals surface area contributed by atoms with Gasteiger partial charge in [-0.3, -0.25) is 9.36 Å². The standard InChI is InChI=1S/C23H19IN2O3S/c1-3-29-22(28)19-14(2)25-23-26(20(19)16-7-5-4-6-8-16)21(27)18(30-23)13-15-9-11-17(24)12-10-15/h4-13,20H,3H2,1-2H3/t20-/m1/s1. The van der Waals surface area contributed by atoms with Gasteiger partial charge in [-0.2, -0.15) is 0 Å². The number of aromatic nitrogens is 1. The Morgan fingerprint density at radius 1 is 1.20 bits per heavy atom. The summed E-state index contributed by atoms with van der Waals surface area (Å²) in [6.45, 7) is 3.81. The molecule has 0 spiro atoms. The molecule has 0 unspecified atom stereocenters. The summed E-state index contributed by atoms with van der Waals surface area (Å²) >= 11 is 3.58. The molecule has 1 aromatic heterocycles. The van der Waals surface area contributed by atoms with Crippen LogP contribution >= 0.6 is 33.9 Å². The average Bonchev–Trinajstić information content (AvgIpc) is 3.04. The summed E-state index contributed by atoms with van der Waals surface area (Å²) in [5, 5.41) is 0. The monoisotopic (exact) mass is 530 g/mol. The first-order chi connectivity index (χ1) is 14.5. The molecule has 2 aromatic carbocycles. The minimum absolute atomic E-state index is 0.166. The molecule has 3 aromatic rings. The lowest BCUT2D eigenvalue weighted by Crippen LogP contribution is -2.39. The van der Waals surface area contributed by atoms with Crippen LogP contribution in [0.4, 0.5) is 0 Å². The molecule has 1 aliphatic heterocycles. The molecule has 0 amide bonds. The van der Waals surface area contributed by atoms with E-state index in [-0.39, 0.29) is 12.2 Å². The Morgan fingerprint density at radius 2 is 1.90 bits per heavy atom. The Labute approximate surface area is 191 Å². The predicted octanol–water partition coefficient (Wildman–Crippen LogP) is 3.40. The topological polar surface area (TPSA) is 60.7 Å². The first kappa shape index (κ1) is 20.7. The Bertz CT molecular complexity index is 1310. The van der Waals surface area contributed by atoms with Gasteiger partial charge in [-0.25, -0.2) is 9.79 Å². The number of ether oxygens (including phenoxy) is 1. The molecule has 0 saturated carbocycles. The van der Waals surface area contributed by atoms with E-state index < -0.39 is 12.0 Å². The molecule has 0 fully saturated rings. The van der Waals surface area contributed by atoms with Crippen molar-refractivity contribution in [2.24, 2.45) is 4.99 Å². The number of benzene rings is 2. The number of fused-ring (bicyclic) bond motifs is 1. The van der Waals surface area contributed by atoms with Crippen molar-refractivity contribution in [3.63, 3.8) is 0 Å². The second kappa shape index (κ2) is 8.69. The van der Waals surface area contributed by atoms with Crippen LogP contribution in [0.2, 0.25) is 0 Å². The third-order valence-corrected chi connectivity index (χ3v) is 6.50. The van der Waals surface area contributed by atoms with Crippen LogP contribution in [0.25, 0.3) is 6.08 Å². The zero-order chi connectivity index (χ0) is 21.3. The van der Waals surface area contributed by atoms with Gasteiger partial charge in [0.1, 0.15) is 0 Å². The van der Waals surface area contributed by atoms with E-state index in [4.69, 9.17) is 4.74 Å². The highest BCUT2D eigenvalue weighted by Gasteiger charge is 2.33. The van der Waals surface area contributed by atoms with Crippen LogP contribution in [0.5, 0.6) is 0 Å². The maximum atomic E-state index is 13.4. The summed E-state index contributed by atoms with van der Waals surface area (Å²) in [4.78, 5) is 31.4. The smallest absolute Gasteiger partial charge is 0.338 e. The molecule has 0 aliphatic carbocycles. The normalized spacial score (nSPS) is 16.2. The zero-order valence-electron chi connectivity index (χ0n) is 16.5. The summed E-state index contributed by atoms with van der Waals surface area (Å²) in [7, 11) is 0. The van der Waals surface area contributed by atoms with E-state index in [0.717, 1.165) is 14.7 Å². The van der Waals surface area contributed by atoms with Crippen LogP contribution < -0.4 is 14.9 Å². The Kier molecular flexibility index (Phi) is 6.01. The first-order valence-electron chi connectivity index (χ1n) is 9.49. The fourth-order valence-electron chi connectivity index (χ4n) is 3.45. The molecule has 0 bridgehead atoms. The van der Waals surface area contributed by atoms with Crippen molar-refractivity contribution < 1.29 is 9.53 Å². The van der Waals surface area contributed by atoms with Crippen molar-refractivity contribution in [2.75, 3.05) is 6.61 Å². The van der Waals surface area contributed by atoms with Crippen LogP contribution in [0, 0.1) is 3.57 Å². The highest BCUT2D eigenvalue weighted by molar-refractivity contribution is 14.1. The van der Waals surface area contributed by atoms with Crippen LogP contribution in [0.15, 0.2) is 75.7 Å². The lowest BCUT2D eigenvalue weighted by atomic mass is 9.96. The van der Waals surface area contributed by atoms with Gasteiger partial charge in [-0.05, 0) is 65.8 Å². The van der Waals surface area contributed by atoms with Crippen molar-refractivity contribution in [2.45, 2.75) is 19.9 Å². The Hall–Kier alpha value is -2.52. The van der Waals surface area contributed by atoms with Crippen molar-refractivity contribution in [1.82, 2.24) is 4.57 Å². The molecule has 5 nitrogen and oxygen atoms in total. The van der Waals surface area contributed by atoms with Gasteiger partial charge in [-0.15, -0.1) is 0 Å². The number of carbonyl (C=O) groups is 1. The van der Waals surface area contributed by atoms with Crippen molar-refractivity contribution >= 4 is 46.0 Å². The number of hydrogen-bond donors (Lipinski definition) is 0. The summed E-state index contributed by atoms with van der Waals surface area (Å²) in [5.74, 6) is -0.445. The third kappa shape index (κ3) is 3.91. The zero-order valence-corrected chi connectivity index (χ0v) is 19.4. The molecular weight excluding hydrogens is 511 g/mol. The molecule has 1 atom stereocenters. The third-order valence-electron chi connectivity index (χ3n) is 4.80. The molecule has 152 valence electrons. The highest BCUT2D eigenvalue weighted by Crippen LogP contribution is 2.30. The van der Waals surface area contributed by atoms with Crippen LogP contribution in [0.1, 0.15) is 31.0 Å². The van der Waals surface area contributed by atoms with Gasteiger partial charge in [0.2, 0.25) is 0 Å². The molecule has 0 saturated heterocycles. The summed E-state index contributed by atoms with van der Waals surface area (Å²) < 4.78 is 8.61. The Morgan fingerprint density at radius 3 is 2.57 bits per heavy atom. The number of hydrogen-bond acceptors (Lipinski definition) is 5. The number of carbonyl (C=O) groups excluding carboxylic acids is 1. The maximum Gasteiger partial charge on any atom is 0.338 e. The van der Waals surface area contributed by atoms with Crippen molar-refractivity contribution in [1.29, 1.82) is 0 Å². The molecule has 0 N–H and O–H groups in total. The van der Waals surface area contributed by atoms with E-state index in [1.807, 2.05) is 60.7 Å². The van der Waals surface area contributed by atoms with E-state index in [1.165, 1.54) is 11.3 Å². The van der Waals surface area contributed by atoms with Gasteiger partial charge in [-0.1, -0.05) is 53.8 Å². The highest BCUT2D eigenvalue weighted by atomic mass is 127. The average molecular weight is 530 g/mol. The first-order valence-corrected chi connectivity index (χ1v) is 11.4. The fraction of sp³-hybridized carbons (Fsp3) is 0.174. The molecule has 1 aliphatic rings.